The van der Waals surface area contributed by atoms with E-state index in [1.54, 1.807) is 6.21 Å². The van der Waals surface area contributed by atoms with Crippen LogP contribution in [0.15, 0.2) is 84.0 Å². The number of aryl methyl sites for hydroxylation is 1. The molecule has 0 fully saturated rings. The summed E-state index contributed by atoms with van der Waals surface area (Å²) in [6.07, 6.45) is 1.70. The molecule has 5 aromatic rings. The lowest BCUT2D eigenvalue weighted by Gasteiger charge is -2.05. The average molecular weight is 435 g/mol. The predicted molar refractivity (Wildman–Crippen MR) is 131 cm³/mol. The molecule has 0 spiro atoms. The van der Waals surface area contributed by atoms with Crippen LogP contribution >= 0.6 is 0 Å². The minimum absolute atomic E-state index is 0.190. The molecule has 2 aromatic heterocycles. The van der Waals surface area contributed by atoms with Gasteiger partial charge in [0.2, 0.25) is 0 Å². The van der Waals surface area contributed by atoms with Crippen molar-refractivity contribution in [3.63, 3.8) is 0 Å². The van der Waals surface area contributed by atoms with E-state index in [1.807, 2.05) is 85.8 Å². The van der Waals surface area contributed by atoms with Gasteiger partial charge in [0.25, 0.3) is 5.91 Å². The van der Waals surface area contributed by atoms with E-state index in [0.29, 0.717) is 28.7 Å². The average Bonchev–Trinajstić information content (AvgIpc) is 3.10. The molecule has 7 nitrogen and oxygen atoms in total. The summed E-state index contributed by atoms with van der Waals surface area (Å²) >= 11 is 0. The van der Waals surface area contributed by atoms with Crippen LogP contribution in [0.1, 0.15) is 27.0 Å². The number of benzene rings is 3. The third-order valence-electron chi connectivity index (χ3n) is 5.36. The zero-order chi connectivity index (χ0) is 22.8. The first kappa shape index (κ1) is 20.4. The zero-order valence-corrected chi connectivity index (χ0v) is 18.1. The van der Waals surface area contributed by atoms with Crippen LogP contribution in [-0.4, -0.2) is 26.8 Å². The van der Waals surface area contributed by atoms with Crippen molar-refractivity contribution in [1.82, 2.24) is 20.0 Å². The smallest absolute Gasteiger partial charge is 0.257 e. The topological polar surface area (TPSA) is 98.2 Å². The molecule has 0 saturated carbocycles. The van der Waals surface area contributed by atoms with Crippen LogP contribution in [0.5, 0.6) is 0 Å². The summed E-state index contributed by atoms with van der Waals surface area (Å²) in [7, 11) is 0. The highest BCUT2D eigenvalue weighted by molar-refractivity contribution is 6.10. The van der Waals surface area contributed by atoms with E-state index in [4.69, 9.17) is 15.7 Å². The molecular weight excluding hydrogens is 412 g/mol. The Morgan fingerprint density at radius 1 is 1.00 bits per heavy atom. The quantitative estimate of drug-likeness (QED) is 0.403. The van der Waals surface area contributed by atoms with Gasteiger partial charge >= 0.3 is 0 Å². The number of amides is 1. The number of nitrogens with one attached hydrogen (secondary N) is 1. The summed E-state index contributed by atoms with van der Waals surface area (Å²) in [5, 5.41) is 7.50. The van der Waals surface area contributed by atoms with Crippen molar-refractivity contribution in [2.75, 3.05) is 5.73 Å². The molecule has 0 aliphatic heterocycles. The van der Waals surface area contributed by atoms with Crippen LogP contribution in [-0.2, 0) is 6.54 Å². The molecule has 5 rings (SSSR count). The highest BCUT2D eigenvalue weighted by Crippen LogP contribution is 2.28. The number of aromatic nitrogens is 3. The molecule has 3 aromatic carbocycles. The third-order valence-corrected chi connectivity index (χ3v) is 5.36. The summed E-state index contributed by atoms with van der Waals surface area (Å²) in [4.78, 5) is 22.6. The van der Waals surface area contributed by atoms with E-state index in [2.05, 4.69) is 10.4 Å². The van der Waals surface area contributed by atoms with Gasteiger partial charge in [0.1, 0.15) is 16.9 Å². The van der Waals surface area contributed by atoms with Crippen LogP contribution in [0.4, 0.5) is 5.82 Å². The van der Waals surface area contributed by atoms with Crippen molar-refractivity contribution in [1.29, 1.82) is 0 Å². The van der Waals surface area contributed by atoms with Crippen molar-refractivity contribution in [2.45, 2.75) is 13.5 Å². The second-order valence-electron chi connectivity index (χ2n) is 7.78. The zero-order valence-electron chi connectivity index (χ0n) is 18.1. The maximum absolute atomic E-state index is 13.2. The Hall–Kier alpha value is -4.52. The minimum Gasteiger partial charge on any atom is -0.383 e. The molecule has 0 aliphatic carbocycles. The fourth-order valence-corrected chi connectivity index (χ4v) is 3.73. The Labute approximate surface area is 190 Å². The highest BCUT2D eigenvalue weighted by atomic mass is 16.1. The van der Waals surface area contributed by atoms with Crippen LogP contribution < -0.4 is 11.1 Å². The Bertz CT molecular complexity index is 1500. The second-order valence-corrected chi connectivity index (χ2v) is 7.78. The van der Waals surface area contributed by atoms with Gasteiger partial charge in [0.05, 0.1) is 17.2 Å². The van der Waals surface area contributed by atoms with E-state index in [0.717, 1.165) is 16.7 Å². The lowest BCUT2D eigenvalue weighted by Crippen LogP contribution is -2.23. The maximum Gasteiger partial charge on any atom is 0.257 e. The van der Waals surface area contributed by atoms with Crippen molar-refractivity contribution >= 4 is 40.1 Å². The second kappa shape index (κ2) is 8.55. The number of anilines is 1. The minimum atomic E-state index is -0.324. The van der Waals surface area contributed by atoms with Crippen LogP contribution in [0.25, 0.3) is 22.2 Å². The Balaban J connectivity index is 1.61. The van der Waals surface area contributed by atoms with E-state index in [-0.39, 0.29) is 17.3 Å². The number of hydrogen-bond donors (Lipinski definition) is 2. The number of nitrogens with zero attached hydrogens (tertiary/aromatic N) is 4. The molecule has 3 N–H and O–H groups in total. The molecule has 0 aliphatic rings. The molecule has 0 bridgehead atoms. The summed E-state index contributed by atoms with van der Waals surface area (Å²) in [6.45, 7) is 2.39. The number of fused-ring (bicyclic) bond motifs is 2. The predicted octanol–water partition coefficient (Wildman–Crippen LogP) is 4.29. The third kappa shape index (κ3) is 4.04. The van der Waals surface area contributed by atoms with E-state index < -0.39 is 0 Å². The first-order valence-corrected chi connectivity index (χ1v) is 10.6. The fraction of sp³-hybridized carbons (Fsp3) is 0.0769. The van der Waals surface area contributed by atoms with Gasteiger partial charge in [-0.2, -0.15) is 9.78 Å². The van der Waals surface area contributed by atoms with Gasteiger partial charge in [0, 0.05) is 6.54 Å². The molecule has 0 radical (unpaired) electrons. The SMILES string of the molecule is Cc1cccc(/C=N/n2c(N)c(C(=O)NCc3ccccc3)c3nc4ccccc4nc32)c1. The van der Waals surface area contributed by atoms with Crippen molar-refractivity contribution in [3.8, 4) is 0 Å². The molecule has 7 heteroatoms. The van der Waals surface area contributed by atoms with Crippen LogP contribution in [0.3, 0.4) is 0 Å². The Morgan fingerprint density at radius 2 is 1.73 bits per heavy atom. The van der Waals surface area contributed by atoms with Gasteiger partial charge in [-0.1, -0.05) is 72.3 Å². The molecule has 162 valence electrons. The van der Waals surface area contributed by atoms with Crippen LogP contribution in [0, 0.1) is 6.92 Å². The highest BCUT2D eigenvalue weighted by Gasteiger charge is 2.24. The van der Waals surface area contributed by atoms with Gasteiger partial charge in [-0.25, -0.2) is 9.97 Å². The van der Waals surface area contributed by atoms with Crippen molar-refractivity contribution in [3.05, 3.63) is 101 Å². The van der Waals surface area contributed by atoms with Gasteiger partial charge in [-0.05, 0) is 30.2 Å². The van der Waals surface area contributed by atoms with Crippen LogP contribution in [0.2, 0.25) is 0 Å². The fourth-order valence-electron chi connectivity index (χ4n) is 3.73. The number of nitrogen functional groups attached to an aromatic ring is 1. The number of carbonyl (C=O) groups excluding carboxylic acids is 1. The molecule has 1 amide bonds. The standard InChI is InChI=1S/C26H22N6O/c1-17-8-7-11-19(14-17)16-29-32-24(27)22(26(33)28-15-18-9-3-2-4-10-18)23-25(32)31-21-13-6-5-12-20(21)30-23/h2-14,16H,15,27H2,1H3,(H,28,33)/b29-16+. The largest absolute Gasteiger partial charge is 0.383 e. The normalized spacial score (nSPS) is 11.4. The van der Waals surface area contributed by atoms with Crippen molar-refractivity contribution in [2.24, 2.45) is 5.10 Å². The van der Waals surface area contributed by atoms with E-state index >= 15 is 0 Å². The summed E-state index contributed by atoms with van der Waals surface area (Å²) in [5.41, 5.74) is 12.0. The van der Waals surface area contributed by atoms with Gasteiger partial charge in [0.15, 0.2) is 5.65 Å². The molecule has 2 heterocycles. The Morgan fingerprint density at radius 3 is 2.48 bits per heavy atom. The first-order chi connectivity index (χ1) is 16.1. The molecule has 33 heavy (non-hydrogen) atoms. The Kier molecular flexibility index (Phi) is 5.28. The molecule has 0 unspecified atom stereocenters. The molecular formula is C26H22N6O. The monoisotopic (exact) mass is 434 g/mol. The first-order valence-electron chi connectivity index (χ1n) is 10.6. The summed E-state index contributed by atoms with van der Waals surface area (Å²) in [6, 6.07) is 25.1. The number of hydrogen-bond acceptors (Lipinski definition) is 5. The maximum atomic E-state index is 13.2. The van der Waals surface area contributed by atoms with E-state index in [9.17, 15) is 4.79 Å². The number of carbonyl (C=O) groups is 1. The number of para-hydroxylation sites is 2. The number of nitrogens with two attached hydrogens (primary N) is 1. The van der Waals surface area contributed by atoms with Gasteiger partial charge in [-0.15, -0.1) is 0 Å². The van der Waals surface area contributed by atoms with Gasteiger partial charge < -0.3 is 11.1 Å². The number of rotatable bonds is 5. The summed E-state index contributed by atoms with van der Waals surface area (Å²) in [5.74, 6) is -0.134. The van der Waals surface area contributed by atoms with E-state index in [1.165, 1.54) is 4.68 Å². The van der Waals surface area contributed by atoms with Crippen molar-refractivity contribution < 1.29 is 4.79 Å². The summed E-state index contributed by atoms with van der Waals surface area (Å²) < 4.78 is 1.48. The lowest BCUT2D eigenvalue weighted by atomic mass is 10.2. The van der Waals surface area contributed by atoms with Gasteiger partial charge in [-0.3, -0.25) is 4.79 Å². The molecule has 0 atom stereocenters. The molecule has 0 saturated heterocycles. The lowest BCUT2D eigenvalue weighted by molar-refractivity contribution is 0.0953.